The number of carbonyl (C=O) groups is 2. The Morgan fingerprint density at radius 3 is 2.68 bits per heavy atom. The molecule has 0 saturated carbocycles. The van der Waals surface area contributed by atoms with Crippen LogP contribution in [0.25, 0.3) is 0 Å². The molecule has 1 heterocycles. The van der Waals surface area contributed by atoms with Crippen LogP contribution in [0.15, 0.2) is 54.6 Å². The van der Waals surface area contributed by atoms with Crippen LogP contribution in [0.4, 0.5) is 4.39 Å². The van der Waals surface area contributed by atoms with Gasteiger partial charge in [-0.15, -0.1) is 0 Å². The van der Waals surface area contributed by atoms with Crippen molar-refractivity contribution in [2.24, 2.45) is 0 Å². The average Bonchev–Trinajstić information content (AvgIpc) is 2.62. The van der Waals surface area contributed by atoms with Crippen LogP contribution in [0.2, 0.25) is 0 Å². The van der Waals surface area contributed by atoms with Gasteiger partial charge in [0.1, 0.15) is 18.5 Å². The van der Waals surface area contributed by atoms with E-state index in [4.69, 9.17) is 4.74 Å². The monoisotopic (exact) mass is 342 g/mol. The van der Waals surface area contributed by atoms with Crippen molar-refractivity contribution < 1.29 is 18.7 Å². The maximum atomic E-state index is 13.2. The number of hydrogen-bond donors (Lipinski definition) is 1. The van der Waals surface area contributed by atoms with Crippen LogP contribution in [0.1, 0.15) is 11.1 Å². The number of carbonyl (C=O) groups excluding carboxylic acids is 2. The number of hydrogen-bond acceptors (Lipinski definition) is 3. The number of morpholine rings is 1. The first kappa shape index (κ1) is 17.1. The molecule has 2 amide bonds. The van der Waals surface area contributed by atoms with Crippen molar-refractivity contribution in [3.63, 3.8) is 0 Å². The molecule has 1 fully saturated rings. The summed E-state index contributed by atoms with van der Waals surface area (Å²) < 4.78 is 18.5. The Morgan fingerprint density at radius 1 is 1.16 bits per heavy atom. The van der Waals surface area contributed by atoms with E-state index in [1.165, 1.54) is 17.0 Å². The number of nitrogens with zero attached hydrogens (tertiary/aromatic N) is 1. The molecule has 5 nitrogen and oxygen atoms in total. The van der Waals surface area contributed by atoms with Gasteiger partial charge < -0.3 is 15.0 Å². The molecule has 25 heavy (non-hydrogen) atoms. The fourth-order valence-corrected chi connectivity index (χ4v) is 2.75. The number of amides is 2. The highest BCUT2D eigenvalue weighted by atomic mass is 19.1. The van der Waals surface area contributed by atoms with Crippen molar-refractivity contribution in [2.45, 2.75) is 19.1 Å². The molecule has 0 spiro atoms. The van der Waals surface area contributed by atoms with Gasteiger partial charge in [0.15, 0.2) is 0 Å². The molecule has 2 aromatic carbocycles. The summed E-state index contributed by atoms with van der Waals surface area (Å²) in [7, 11) is 0. The lowest BCUT2D eigenvalue weighted by atomic mass is 10.1. The van der Waals surface area contributed by atoms with Crippen LogP contribution in [0, 0.1) is 5.82 Å². The van der Waals surface area contributed by atoms with Crippen molar-refractivity contribution in [1.82, 2.24) is 10.2 Å². The number of nitrogens with one attached hydrogen (secondary N) is 1. The summed E-state index contributed by atoms with van der Waals surface area (Å²) in [6.07, 6.45) is 0. The summed E-state index contributed by atoms with van der Waals surface area (Å²) in [6.45, 7) is 0.662. The first-order chi connectivity index (χ1) is 12.1. The fraction of sp³-hybridized carbons (Fsp3) is 0.263. The molecule has 1 saturated heterocycles. The molecular weight excluding hydrogens is 323 g/mol. The van der Waals surface area contributed by atoms with Gasteiger partial charge in [-0.25, -0.2) is 4.39 Å². The average molecular weight is 342 g/mol. The Kier molecular flexibility index (Phi) is 5.40. The van der Waals surface area contributed by atoms with E-state index in [0.29, 0.717) is 12.1 Å². The van der Waals surface area contributed by atoms with E-state index in [9.17, 15) is 14.0 Å². The minimum Gasteiger partial charge on any atom is -0.369 e. The van der Waals surface area contributed by atoms with Crippen molar-refractivity contribution in [3.05, 3.63) is 71.5 Å². The second-order valence-electron chi connectivity index (χ2n) is 5.89. The third-order valence-electron chi connectivity index (χ3n) is 4.05. The SMILES string of the molecule is O=C(NCc1cccc(F)c1)[C@@H]1COCC(=O)N1Cc1ccccc1. The summed E-state index contributed by atoms with van der Waals surface area (Å²) in [5.74, 6) is -0.886. The molecule has 0 radical (unpaired) electrons. The number of rotatable bonds is 5. The van der Waals surface area contributed by atoms with Gasteiger partial charge in [0.05, 0.1) is 6.61 Å². The highest BCUT2D eigenvalue weighted by Crippen LogP contribution is 2.14. The molecule has 0 bridgehead atoms. The van der Waals surface area contributed by atoms with Gasteiger partial charge in [-0.3, -0.25) is 9.59 Å². The zero-order valence-electron chi connectivity index (χ0n) is 13.7. The Balaban J connectivity index is 1.67. The molecule has 0 aliphatic carbocycles. The van der Waals surface area contributed by atoms with Crippen LogP contribution >= 0.6 is 0 Å². The van der Waals surface area contributed by atoms with Gasteiger partial charge in [0.25, 0.3) is 0 Å². The Labute approximate surface area is 145 Å². The summed E-state index contributed by atoms with van der Waals surface area (Å²) in [6, 6.07) is 14.8. The van der Waals surface area contributed by atoms with E-state index >= 15 is 0 Å². The van der Waals surface area contributed by atoms with Crippen LogP contribution < -0.4 is 5.32 Å². The molecule has 1 aliphatic heterocycles. The van der Waals surface area contributed by atoms with E-state index in [-0.39, 0.29) is 37.4 Å². The summed E-state index contributed by atoms with van der Waals surface area (Å²) in [5.41, 5.74) is 1.60. The Bertz CT molecular complexity index is 751. The van der Waals surface area contributed by atoms with Crippen molar-refractivity contribution in [3.8, 4) is 0 Å². The predicted molar refractivity (Wildman–Crippen MR) is 89.8 cm³/mol. The van der Waals surface area contributed by atoms with Gasteiger partial charge in [-0.05, 0) is 23.3 Å². The largest absolute Gasteiger partial charge is 0.369 e. The fourth-order valence-electron chi connectivity index (χ4n) is 2.75. The minimum absolute atomic E-state index is 0.0273. The smallest absolute Gasteiger partial charge is 0.249 e. The van der Waals surface area contributed by atoms with Crippen molar-refractivity contribution in [1.29, 1.82) is 0 Å². The molecule has 1 atom stereocenters. The normalized spacial score (nSPS) is 17.4. The Morgan fingerprint density at radius 2 is 1.92 bits per heavy atom. The second kappa shape index (κ2) is 7.90. The highest BCUT2D eigenvalue weighted by molar-refractivity contribution is 5.89. The van der Waals surface area contributed by atoms with Gasteiger partial charge in [0, 0.05) is 13.1 Å². The number of ether oxygens (including phenoxy) is 1. The van der Waals surface area contributed by atoms with E-state index in [1.807, 2.05) is 30.3 Å². The van der Waals surface area contributed by atoms with Crippen molar-refractivity contribution in [2.75, 3.05) is 13.2 Å². The van der Waals surface area contributed by atoms with Gasteiger partial charge in [0.2, 0.25) is 11.8 Å². The molecule has 0 unspecified atom stereocenters. The quantitative estimate of drug-likeness (QED) is 0.902. The zero-order valence-corrected chi connectivity index (χ0v) is 13.7. The maximum Gasteiger partial charge on any atom is 0.249 e. The molecule has 0 aromatic heterocycles. The van der Waals surface area contributed by atoms with Crippen molar-refractivity contribution >= 4 is 11.8 Å². The number of benzene rings is 2. The second-order valence-corrected chi connectivity index (χ2v) is 5.89. The molecule has 1 aliphatic rings. The summed E-state index contributed by atoms with van der Waals surface area (Å²) in [4.78, 5) is 26.3. The number of halogens is 1. The lowest BCUT2D eigenvalue weighted by molar-refractivity contribution is -0.155. The minimum atomic E-state index is -0.699. The zero-order chi connectivity index (χ0) is 17.6. The first-order valence-electron chi connectivity index (χ1n) is 8.07. The van der Waals surface area contributed by atoms with E-state index < -0.39 is 6.04 Å². The van der Waals surface area contributed by atoms with E-state index in [1.54, 1.807) is 12.1 Å². The van der Waals surface area contributed by atoms with Crippen LogP contribution in [0.5, 0.6) is 0 Å². The maximum absolute atomic E-state index is 13.2. The van der Waals surface area contributed by atoms with E-state index in [0.717, 1.165) is 5.56 Å². The molecule has 1 N–H and O–H groups in total. The topological polar surface area (TPSA) is 58.6 Å². The third-order valence-corrected chi connectivity index (χ3v) is 4.05. The lowest BCUT2D eigenvalue weighted by Crippen LogP contribution is -2.55. The van der Waals surface area contributed by atoms with Gasteiger partial charge in [-0.1, -0.05) is 42.5 Å². The molecule has 6 heteroatoms. The van der Waals surface area contributed by atoms with Gasteiger partial charge in [-0.2, -0.15) is 0 Å². The summed E-state index contributed by atoms with van der Waals surface area (Å²) in [5, 5.41) is 2.75. The van der Waals surface area contributed by atoms with E-state index in [2.05, 4.69) is 5.32 Å². The Hall–Kier alpha value is -2.73. The predicted octanol–water partition coefficient (Wildman–Crippen LogP) is 1.87. The molecular formula is C19H19FN2O3. The van der Waals surface area contributed by atoms with Crippen LogP contribution in [0.3, 0.4) is 0 Å². The molecule has 130 valence electrons. The molecule has 2 aromatic rings. The van der Waals surface area contributed by atoms with Crippen LogP contribution in [-0.2, 0) is 27.4 Å². The van der Waals surface area contributed by atoms with Crippen LogP contribution in [-0.4, -0.2) is 36.0 Å². The molecule has 3 rings (SSSR count). The third kappa shape index (κ3) is 4.42. The van der Waals surface area contributed by atoms with Gasteiger partial charge >= 0.3 is 0 Å². The highest BCUT2D eigenvalue weighted by Gasteiger charge is 2.33. The first-order valence-corrected chi connectivity index (χ1v) is 8.07. The standard InChI is InChI=1S/C19H19FN2O3/c20-16-8-4-7-15(9-16)10-21-19(24)17-12-25-13-18(23)22(17)11-14-5-2-1-3-6-14/h1-9,17H,10-13H2,(H,21,24)/t17-/m0/s1. The summed E-state index contributed by atoms with van der Waals surface area (Å²) >= 11 is 0. The lowest BCUT2D eigenvalue weighted by Gasteiger charge is -2.34.